The maximum atomic E-state index is 13.7. The zero-order chi connectivity index (χ0) is 29.6. The average Bonchev–Trinajstić information content (AvgIpc) is 3.68. The van der Waals surface area contributed by atoms with E-state index in [1.54, 1.807) is 16.5 Å². The number of rotatable bonds is 10. The van der Waals surface area contributed by atoms with Gasteiger partial charge in [-0.15, -0.1) is 11.3 Å². The summed E-state index contributed by atoms with van der Waals surface area (Å²) < 4.78 is 5.38. The molecule has 43 heavy (non-hydrogen) atoms. The van der Waals surface area contributed by atoms with E-state index in [0.29, 0.717) is 29.3 Å². The molecular weight excluding hydrogens is 562 g/mol. The molecule has 3 heterocycles. The molecule has 0 spiro atoms. The van der Waals surface area contributed by atoms with Crippen molar-refractivity contribution in [3.63, 3.8) is 0 Å². The molecule has 2 N–H and O–H groups in total. The first-order valence-corrected chi connectivity index (χ1v) is 15.3. The van der Waals surface area contributed by atoms with Crippen LogP contribution in [0.25, 0.3) is 11.1 Å². The number of benzene rings is 3. The zero-order valence-corrected chi connectivity index (χ0v) is 24.5. The SMILES string of the molecule is O=C(NCCCN1CCOCC1)c1ccc(-c2ccc3c(c2)C(=O)N([C@@H](C(=O)Nc2nccs2)c2ccccc2)C3)cc1. The number of hydrogen-bond acceptors (Lipinski definition) is 7. The van der Waals surface area contributed by atoms with Crippen LogP contribution in [0.1, 0.15) is 44.3 Å². The lowest BCUT2D eigenvalue weighted by atomic mass is 9.99. The lowest BCUT2D eigenvalue weighted by molar-refractivity contribution is -0.120. The van der Waals surface area contributed by atoms with Crippen LogP contribution in [0.5, 0.6) is 0 Å². The number of nitrogens with one attached hydrogen (secondary N) is 2. The lowest BCUT2D eigenvalue weighted by Gasteiger charge is -2.27. The van der Waals surface area contributed by atoms with Crippen LogP contribution in [0.3, 0.4) is 0 Å². The normalized spacial score (nSPS) is 15.6. The summed E-state index contributed by atoms with van der Waals surface area (Å²) in [6, 6.07) is 21.7. The summed E-state index contributed by atoms with van der Waals surface area (Å²) in [6.07, 6.45) is 2.52. The maximum Gasteiger partial charge on any atom is 0.255 e. The van der Waals surface area contributed by atoms with Crippen LogP contribution in [0.2, 0.25) is 0 Å². The highest BCUT2D eigenvalue weighted by Crippen LogP contribution is 2.35. The van der Waals surface area contributed by atoms with Crippen molar-refractivity contribution in [2.75, 3.05) is 44.7 Å². The first kappa shape index (κ1) is 28.7. The molecule has 0 saturated carbocycles. The molecule has 0 aliphatic carbocycles. The van der Waals surface area contributed by atoms with Crippen molar-refractivity contribution < 1.29 is 19.1 Å². The monoisotopic (exact) mass is 595 g/mol. The molecular formula is C33H33N5O4S. The Balaban J connectivity index is 1.12. The van der Waals surface area contributed by atoms with E-state index in [9.17, 15) is 14.4 Å². The molecule has 1 aromatic heterocycles. The summed E-state index contributed by atoms with van der Waals surface area (Å²) in [7, 11) is 0. The summed E-state index contributed by atoms with van der Waals surface area (Å²) in [6.45, 7) is 5.32. The summed E-state index contributed by atoms with van der Waals surface area (Å²) in [5.41, 5.74) is 4.53. The molecule has 2 aliphatic rings. The van der Waals surface area contributed by atoms with Crippen molar-refractivity contribution in [3.8, 4) is 11.1 Å². The molecule has 0 bridgehead atoms. The number of carbonyl (C=O) groups is 3. The molecule has 2 aliphatic heterocycles. The lowest BCUT2D eigenvalue weighted by Crippen LogP contribution is -2.38. The molecule has 9 nitrogen and oxygen atoms in total. The molecule has 0 unspecified atom stereocenters. The van der Waals surface area contributed by atoms with Gasteiger partial charge in [0.05, 0.1) is 13.2 Å². The summed E-state index contributed by atoms with van der Waals surface area (Å²) >= 11 is 1.33. The fraction of sp³-hybridized carbons (Fsp3) is 0.273. The van der Waals surface area contributed by atoms with Crippen LogP contribution in [-0.4, -0.2) is 71.9 Å². The van der Waals surface area contributed by atoms with Crippen LogP contribution < -0.4 is 10.6 Å². The number of ether oxygens (including phenoxy) is 1. The predicted molar refractivity (Wildman–Crippen MR) is 166 cm³/mol. The molecule has 3 amide bonds. The molecule has 1 atom stereocenters. The number of fused-ring (bicyclic) bond motifs is 1. The number of thiazole rings is 1. The minimum absolute atomic E-state index is 0.101. The molecule has 10 heteroatoms. The number of morpholine rings is 1. The van der Waals surface area contributed by atoms with Crippen molar-refractivity contribution in [2.45, 2.75) is 19.0 Å². The Morgan fingerprint density at radius 1 is 0.977 bits per heavy atom. The Hall–Kier alpha value is -4.38. The molecule has 6 rings (SSSR count). The van der Waals surface area contributed by atoms with Crippen molar-refractivity contribution in [3.05, 3.63) is 107 Å². The number of carbonyl (C=O) groups excluding carboxylic acids is 3. The van der Waals surface area contributed by atoms with Gasteiger partial charge in [0.25, 0.3) is 17.7 Å². The number of amides is 3. The number of hydrogen-bond donors (Lipinski definition) is 2. The van der Waals surface area contributed by atoms with E-state index in [2.05, 4.69) is 20.5 Å². The Morgan fingerprint density at radius 2 is 1.74 bits per heavy atom. The van der Waals surface area contributed by atoms with Gasteiger partial charge in [-0.05, 0) is 53.4 Å². The van der Waals surface area contributed by atoms with Crippen LogP contribution in [0.15, 0.2) is 84.4 Å². The largest absolute Gasteiger partial charge is 0.379 e. The van der Waals surface area contributed by atoms with Crippen LogP contribution >= 0.6 is 11.3 Å². The van der Waals surface area contributed by atoms with E-state index >= 15 is 0 Å². The van der Waals surface area contributed by atoms with Crippen molar-refractivity contribution in [2.24, 2.45) is 0 Å². The second-order valence-electron chi connectivity index (χ2n) is 10.6. The Morgan fingerprint density at radius 3 is 2.49 bits per heavy atom. The van der Waals surface area contributed by atoms with Gasteiger partial charge in [-0.25, -0.2) is 4.98 Å². The quantitative estimate of drug-likeness (QED) is 0.260. The Labute approximate surface area is 254 Å². The predicted octanol–water partition coefficient (Wildman–Crippen LogP) is 4.60. The van der Waals surface area contributed by atoms with Gasteiger partial charge in [-0.1, -0.05) is 54.6 Å². The number of aromatic nitrogens is 1. The molecule has 4 aromatic rings. The first-order valence-electron chi connectivity index (χ1n) is 14.4. The highest BCUT2D eigenvalue weighted by molar-refractivity contribution is 7.13. The average molecular weight is 596 g/mol. The van der Waals surface area contributed by atoms with Gasteiger partial charge < -0.3 is 15.0 Å². The van der Waals surface area contributed by atoms with Gasteiger partial charge in [0, 0.05) is 48.9 Å². The van der Waals surface area contributed by atoms with E-state index in [1.807, 2.05) is 72.8 Å². The maximum absolute atomic E-state index is 13.7. The van der Waals surface area contributed by atoms with Gasteiger partial charge in [0.2, 0.25) is 0 Å². The third-order valence-corrected chi connectivity index (χ3v) is 8.49. The van der Waals surface area contributed by atoms with Crippen LogP contribution in [0, 0.1) is 0 Å². The smallest absolute Gasteiger partial charge is 0.255 e. The fourth-order valence-corrected chi connectivity index (χ4v) is 6.06. The fourth-order valence-electron chi connectivity index (χ4n) is 5.52. The van der Waals surface area contributed by atoms with E-state index in [0.717, 1.165) is 61.5 Å². The third-order valence-electron chi connectivity index (χ3n) is 7.80. The third kappa shape index (κ3) is 6.67. The molecule has 1 saturated heterocycles. The van der Waals surface area contributed by atoms with Gasteiger partial charge >= 0.3 is 0 Å². The molecule has 3 aromatic carbocycles. The second-order valence-corrected chi connectivity index (χ2v) is 11.5. The van der Waals surface area contributed by atoms with Gasteiger partial charge in [-0.3, -0.25) is 24.6 Å². The van der Waals surface area contributed by atoms with E-state index in [4.69, 9.17) is 4.74 Å². The van der Waals surface area contributed by atoms with Gasteiger partial charge in [0.15, 0.2) is 5.13 Å². The van der Waals surface area contributed by atoms with Gasteiger partial charge in [0.1, 0.15) is 6.04 Å². The minimum Gasteiger partial charge on any atom is -0.379 e. The minimum atomic E-state index is -0.805. The number of nitrogens with zero attached hydrogens (tertiary/aromatic N) is 3. The standard InChI is InChI=1S/C33H33N5O4S/c39-30(34-13-4-15-37-16-18-42-19-17-37)25-9-7-23(8-10-25)26-11-12-27-22-38(32(41)28(27)21-26)29(24-5-2-1-3-6-24)31(40)36-33-35-14-20-43-33/h1-3,5-12,14,20-21,29H,4,13,15-19,22H2,(H,34,39)(H,35,36,40)/t29-/m1/s1. The van der Waals surface area contributed by atoms with Crippen molar-refractivity contribution >= 4 is 34.2 Å². The van der Waals surface area contributed by atoms with E-state index in [-0.39, 0.29) is 17.7 Å². The van der Waals surface area contributed by atoms with Crippen molar-refractivity contribution in [1.29, 1.82) is 0 Å². The van der Waals surface area contributed by atoms with Gasteiger partial charge in [-0.2, -0.15) is 0 Å². The Kier molecular flexibility index (Phi) is 8.88. The zero-order valence-electron chi connectivity index (χ0n) is 23.7. The molecule has 1 fully saturated rings. The summed E-state index contributed by atoms with van der Waals surface area (Å²) in [5, 5.41) is 8.15. The molecule has 220 valence electrons. The van der Waals surface area contributed by atoms with Crippen LogP contribution in [-0.2, 0) is 16.1 Å². The summed E-state index contributed by atoms with van der Waals surface area (Å²) in [4.78, 5) is 48.0. The van der Waals surface area contributed by atoms with E-state index in [1.165, 1.54) is 11.3 Å². The first-order chi connectivity index (χ1) is 21.1. The van der Waals surface area contributed by atoms with Crippen molar-refractivity contribution in [1.82, 2.24) is 20.1 Å². The van der Waals surface area contributed by atoms with E-state index < -0.39 is 6.04 Å². The summed E-state index contributed by atoms with van der Waals surface area (Å²) in [5.74, 6) is -0.609. The number of anilines is 1. The highest BCUT2D eigenvalue weighted by Gasteiger charge is 2.37. The topological polar surface area (TPSA) is 104 Å². The second kappa shape index (κ2) is 13.3. The Bertz CT molecular complexity index is 1570. The highest BCUT2D eigenvalue weighted by atomic mass is 32.1. The molecule has 0 radical (unpaired) electrons. The van der Waals surface area contributed by atoms with Crippen LogP contribution in [0.4, 0.5) is 5.13 Å².